The highest BCUT2D eigenvalue weighted by Gasteiger charge is 2.06. The molecule has 0 spiro atoms. The summed E-state index contributed by atoms with van der Waals surface area (Å²) in [7, 11) is 0. The monoisotopic (exact) mass is 868 g/mol. The van der Waals surface area contributed by atoms with Gasteiger partial charge >= 0.3 is 0 Å². The molecular weight excluding hydrogens is 786 g/mol. The van der Waals surface area contributed by atoms with Crippen molar-refractivity contribution in [2.24, 2.45) is 11.8 Å². The van der Waals surface area contributed by atoms with E-state index in [2.05, 4.69) is 24.2 Å². The molecule has 0 amide bonds. The Morgan fingerprint density at radius 3 is 1.05 bits per heavy atom. The van der Waals surface area contributed by atoms with Crippen molar-refractivity contribution in [1.29, 1.82) is 0 Å². The number of carbonyl (C=O) groups is 1. The number of carbonyl (C=O) groups excluding carboxylic acids is 1. The number of unbranched alkanes of at least 4 members (excludes halogenated alkanes) is 1. The summed E-state index contributed by atoms with van der Waals surface area (Å²) < 4.78 is 78.9. The Labute approximate surface area is 360 Å². The highest BCUT2D eigenvalue weighted by molar-refractivity contribution is 5.80. The lowest BCUT2D eigenvalue weighted by Gasteiger charge is -2.09. The van der Waals surface area contributed by atoms with Gasteiger partial charge in [-0.3, -0.25) is 9.48 Å². The fourth-order valence-electron chi connectivity index (χ4n) is 4.84. The minimum absolute atomic E-state index is 0.0557. The van der Waals surface area contributed by atoms with E-state index in [1.165, 1.54) is 12.8 Å². The van der Waals surface area contributed by atoms with Crippen molar-refractivity contribution in [3.8, 4) is 0 Å². The van der Waals surface area contributed by atoms with E-state index in [0.717, 1.165) is 24.6 Å². The molecule has 0 N–H and O–H groups in total. The van der Waals surface area contributed by atoms with Crippen LogP contribution in [0.1, 0.15) is 59.1 Å². The number of Topliss-reactive ketones (excluding diaryl/α,β-unsaturated/α-hetero) is 1. The van der Waals surface area contributed by atoms with Crippen molar-refractivity contribution in [2.75, 3.05) is 178 Å². The number of nitrogens with zero attached hydrogens (tertiary/aromatic N) is 3. The average Bonchev–Trinajstić information content (AvgIpc) is 3.69. The second-order valence-electron chi connectivity index (χ2n) is 14.2. The Hall–Kier alpha value is -1.75. The quantitative estimate of drug-likeness (QED) is 0.0870. The molecule has 354 valence electrons. The SMILES string of the molecule is CC(C)CCCCn1cc(COCCOCCOCCOCCOCCOCCOCCOCCOCCOCCOCCOCCOCCOCCC(=O)C(C)C)nn1. The zero-order valence-corrected chi connectivity index (χ0v) is 37.5. The third kappa shape index (κ3) is 41.6. The maximum atomic E-state index is 11.5. The normalized spacial score (nSPS) is 11.8. The summed E-state index contributed by atoms with van der Waals surface area (Å²) in [5.74, 6) is 1.01. The largest absolute Gasteiger partial charge is 0.379 e. The standard InChI is InChI=1S/C42H81N3O15/c1-39(2)7-5-6-9-45-37-41(43-44-45)38-60-36-35-59-34-33-58-32-31-57-30-29-56-28-27-55-26-25-54-24-23-53-22-21-52-20-19-51-18-17-50-16-15-49-14-13-48-12-11-47-10-8-42(46)40(3)4/h37,39-40H,5-36,38H2,1-4H3. The molecule has 0 atom stereocenters. The van der Waals surface area contributed by atoms with Gasteiger partial charge in [0.1, 0.15) is 11.5 Å². The minimum atomic E-state index is 0.0557. The van der Waals surface area contributed by atoms with Crippen LogP contribution in [0.25, 0.3) is 0 Å². The molecule has 0 aliphatic heterocycles. The fraction of sp³-hybridized carbons (Fsp3) is 0.929. The third-order valence-corrected chi connectivity index (χ3v) is 8.23. The molecule has 18 nitrogen and oxygen atoms in total. The smallest absolute Gasteiger partial charge is 0.137 e. The summed E-state index contributed by atoms with van der Waals surface area (Å²) in [4.78, 5) is 11.5. The van der Waals surface area contributed by atoms with Crippen molar-refractivity contribution in [3.05, 3.63) is 11.9 Å². The first-order valence-corrected chi connectivity index (χ1v) is 22.0. The van der Waals surface area contributed by atoms with Gasteiger partial charge in [-0.2, -0.15) is 0 Å². The lowest BCUT2D eigenvalue weighted by atomic mass is 10.1. The molecule has 60 heavy (non-hydrogen) atoms. The average molecular weight is 868 g/mol. The highest BCUT2D eigenvalue weighted by Crippen LogP contribution is 2.07. The molecule has 1 heterocycles. The molecule has 0 saturated heterocycles. The van der Waals surface area contributed by atoms with Crippen LogP contribution in [0.4, 0.5) is 0 Å². The van der Waals surface area contributed by atoms with E-state index in [4.69, 9.17) is 66.3 Å². The highest BCUT2D eigenvalue weighted by atomic mass is 16.6. The zero-order valence-electron chi connectivity index (χ0n) is 37.5. The van der Waals surface area contributed by atoms with Crippen LogP contribution in [0, 0.1) is 11.8 Å². The third-order valence-electron chi connectivity index (χ3n) is 8.23. The number of rotatable bonds is 50. The molecule has 0 radical (unpaired) electrons. The van der Waals surface area contributed by atoms with E-state index in [1.807, 2.05) is 24.7 Å². The molecule has 0 aliphatic rings. The van der Waals surface area contributed by atoms with Crippen LogP contribution < -0.4 is 0 Å². The molecule has 18 heteroatoms. The second-order valence-corrected chi connectivity index (χ2v) is 14.2. The molecule has 1 aromatic rings. The second kappa shape index (κ2) is 45.3. The topological polar surface area (TPSA) is 177 Å². The van der Waals surface area contributed by atoms with Gasteiger partial charge in [0.05, 0.1) is 191 Å². The lowest BCUT2D eigenvalue weighted by molar-refractivity contribution is -0.123. The van der Waals surface area contributed by atoms with E-state index >= 15 is 0 Å². The van der Waals surface area contributed by atoms with E-state index in [-0.39, 0.29) is 11.7 Å². The molecule has 1 aromatic heterocycles. The van der Waals surface area contributed by atoms with Gasteiger partial charge in [-0.25, -0.2) is 0 Å². The van der Waals surface area contributed by atoms with E-state index in [9.17, 15) is 4.79 Å². The first kappa shape index (κ1) is 56.3. The van der Waals surface area contributed by atoms with Crippen molar-refractivity contribution in [2.45, 2.75) is 66.5 Å². The Morgan fingerprint density at radius 2 is 0.750 bits per heavy atom. The molecule has 0 fully saturated rings. The molecule has 0 aliphatic carbocycles. The molecule has 0 saturated carbocycles. The van der Waals surface area contributed by atoms with Gasteiger partial charge in [-0.05, 0) is 12.3 Å². The molecule has 1 rings (SSSR count). The number of ether oxygens (including phenoxy) is 14. The maximum absolute atomic E-state index is 11.5. The Balaban J connectivity index is 1.64. The van der Waals surface area contributed by atoms with Crippen LogP contribution >= 0.6 is 0 Å². The first-order chi connectivity index (χ1) is 29.5. The Morgan fingerprint density at radius 1 is 0.450 bits per heavy atom. The Kier molecular flexibility index (Phi) is 42.5. The van der Waals surface area contributed by atoms with Crippen LogP contribution in [-0.4, -0.2) is 199 Å². The summed E-state index contributed by atoms with van der Waals surface area (Å²) in [5.41, 5.74) is 0.838. The summed E-state index contributed by atoms with van der Waals surface area (Å²) in [5, 5.41) is 8.33. The zero-order chi connectivity index (χ0) is 43.2. The van der Waals surface area contributed by atoms with Gasteiger partial charge < -0.3 is 66.3 Å². The first-order valence-electron chi connectivity index (χ1n) is 22.0. The van der Waals surface area contributed by atoms with Crippen molar-refractivity contribution in [3.63, 3.8) is 0 Å². The van der Waals surface area contributed by atoms with Crippen LogP contribution in [0.2, 0.25) is 0 Å². The van der Waals surface area contributed by atoms with Gasteiger partial charge in [-0.15, -0.1) is 5.10 Å². The number of hydrogen-bond acceptors (Lipinski definition) is 17. The minimum Gasteiger partial charge on any atom is -0.379 e. The predicted molar refractivity (Wildman–Crippen MR) is 223 cm³/mol. The van der Waals surface area contributed by atoms with Crippen LogP contribution in [0.3, 0.4) is 0 Å². The van der Waals surface area contributed by atoms with Crippen molar-refractivity contribution >= 4 is 5.78 Å². The summed E-state index contributed by atoms with van der Waals surface area (Å²) >= 11 is 0. The van der Waals surface area contributed by atoms with E-state index < -0.39 is 0 Å². The fourth-order valence-corrected chi connectivity index (χ4v) is 4.84. The summed E-state index contributed by atoms with van der Waals surface area (Å²) in [6, 6.07) is 0. The van der Waals surface area contributed by atoms with Crippen LogP contribution in [-0.2, 0) is 84.3 Å². The van der Waals surface area contributed by atoms with Gasteiger partial charge in [0, 0.05) is 18.9 Å². The Bertz CT molecular complexity index is 1030. The number of ketones is 1. The van der Waals surface area contributed by atoms with Crippen LogP contribution in [0.15, 0.2) is 6.20 Å². The van der Waals surface area contributed by atoms with Crippen LogP contribution in [0.5, 0.6) is 0 Å². The number of aryl methyl sites for hydroxylation is 1. The van der Waals surface area contributed by atoms with Gasteiger partial charge in [0.25, 0.3) is 0 Å². The van der Waals surface area contributed by atoms with Gasteiger partial charge in [-0.1, -0.05) is 45.7 Å². The van der Waals surface area contributed by atoms with Gasteiger partial charge in [0.2, 0.25) is 0 Å². The van der Waals surface area contributed by atoms with E-state index in [1.54, 1.807) is 0 Å². The summed E-state index contributed by atoms with van der Waals surface area (Å²) in [6.07, 6.45) is 5.97. The predicted octanol–water partition coefficient (Wildman–Crippen LogP) is 3.45. The molecular formula is C42H81N3O15. The lowest BCUT2D eigenvalue weighted by Crippen LogP contribution is -2.16. The molecule has 0 bridgehead atoms. The summed E-state index contributed by atoms with van der Waals surface area (Å²) in [6.45, 7) is 22.9. The van der Waals surface area contributed by atoms with Gasteiger partial charge in [0.15, 0.2) is 0 Å². The number of aromatic nitrogens is 3. The molecule has 0 unspecified atom stereocenters. The molecule has 0 aromatic carbocycles. The maximum Gasteiger partial charge on any atom is 0.137 e. The van der Waals surface area contributed by atoms with Crippen molar-refractivity contribution < 1.29 is 71.1 Å². The number of hydrogen-bond donors (Lipinski definition) is 0. The van der Waals surface area contributed by atoms with Crippen molar-refractivity contribution in [1.82, 2.24) is 15.0 Å². The van der Waals surface area contributed by atoms with E-state index in [0.29, 0.717) is 191 Å².